The van der Waals surface area contributed by atoms with E-state index in [-0.39, 0.29) is 0 Å². The highest BCUT2D eigenvalue weighted by molar-refractivity contribution is 9.11. The van der Waals surface area contributed by atoms with Crippen LogP contribution in [0.1, 0.15) is 0 Å². The van der Waals surface area contributed by atoms with E-state index >= 15 is 0 Å². The lowest BCUT2D eigenvalue weighted by molar-refractivity contribution is 1.85. The van der Waals surface area contributed by atoms with Crippen LogP contribution in [0.3, 0.4) is 0 Å². The summed E-state index contributed by atoms with van der Waals surface area (Å²) in [7, 11) is 0. The van der Waals surface area contributed by atoms with Gasteiger partial charge in [0.1, 0.15) is 0 Å². The average molecular weight is 241 g/mol. The van der Waals surface area contributed by atoms with Crippen molar-refractivity contribution in [2.24, 2.45) is 0 Å². The number of hydrogen-bond donors (Lipinski definition) is 0. The van der Waals surface area contributed by atoms with Crippen LogP contribution in [0.25, 0.3) is 0 Å². The van der Waals surface area contributed by atoms with Crippen LogP contribution in [0.2, 0.25) is 0 Å². The number of halogens is 2. The zero-order valence-electron chi connectivity index (χ0n) is 3.24. The second kappa shape index (κ2) is 2.29. The summed E-state index contributed by atoms with van der Waals surface area (Å²) >= 11 is 8.10. The quantitative estimate of drug-likeness (QED) is 0.654. The Hall–Kier alpha value is 0.660. The van der Waals surface area contributed by atoms with Crippen LogP contribution in [-0.4, -0.2) is 0 Å². The predicted octanol–water partition coefficient (Wildman–Crippen LogP) is 3.07. The molecule has 0 aliphatic heterocycles. The molecule has 1 aromatic heterocycles. The van der Waals surface area contributed by atoms with Crippen LogP contribution < -0.4 is 0 Å². The maximum Gasteiger partial charge on any atom is 0.0717 e. The first-order chi connectivity index (χ1) is 3.29. The van der Waals surface area contributed by atoms with Gasteiger partial charge in [0.25, 0.3) is 0 Å². The van der Waals surface area contributed by atoms with Crippen molar-refractivity contribution < 1.29 is 0 Å². The molecule has 0 N–H and O–H groups in total. The first kappa shape index (κ1) is 5.79. The number of rotatable bonds is 0. The standard InChI is InChI=1S/C4HBr2S/c5-3-1-4(6)7-2-3/h1H. The second-order valence-electron chi connectivity index (χ2n) is 1.00. The summed E-state index contributed by atoms with van der Waals surface area (Å²) in [6.45, 7) is 0. The SMILES string of the molecule is Brc1[c]sc(Br)c1. The molecular formula is C4HBr2S. The Bertz CT molecular complexity index is 142. The van der Waals surface area contributed by atoms with Crippen LogP contribution in [0.4, 0.5) is 0 Å². The van der Waals surface area contributed by atoms with E-state index in [4.69, 9.17) is 0 Å². The third-order valence-electron chi connectivity index (χ3n) is 0.486. The zero-order chi connectivity index (χ0) is 5.28. The van der Waals surface area contributed by atoms with E-state index < -0.39 is 0 Å². The minimum atomic E-state index is 1.02. The molecule has 1 aromatic rings. The monoisotopic (exact) mass is 239 g/mol. The van der Waals surface area contributed by atoms with E-state index in [2.05, 4.69) is 37.2 Å². The highest BCUT2D eigenvalue weighted by Gasteiger charge is 1.89. The van der Waals surface area contributed by atoms with Crippen molar-refractivity contribution >= 4 is 43.2 Å². The van der Waals surface area contributed by atoms with E-state index in [0.717, 1.165) is 8.26 Å². The van der Waals surface area contributed by atoms with Gasteiger partial charge in [0.05, 0.1) is 9.17 Å². The van der Waals surface area contributed by atoms with Gasteiger partial charge in [-0.15, -0.1) is 11.3 Å². The Kier molecular flexibility index (Phi) is 1.89. The minimum Gasteiger partial charge on any atom is -0.126 e. The summed E-state index contributed by atoms with van der Waals surface area (Å²) in [5.41, 5.74) is 0. The lowest BCUT2D eigenvalue weighted by Gasteiger charge is -1.66. The lowest BCUT2D eigenvalue weighted by atomic mass is 10.7. The Morgan fingerprint density at radius 3 is 2.43 bits per heavy atom. The molecule has 0 atom stereocenters. The topological polar surface area (TPSA) is 0 Å². The normalized spacial score (nSPS) is 9.43. The fraction of sp³-hybridized carbons (Fsp3) is 0. The van der Waals surface area contributed by atoms with Gasteiger partial charge < -0.3 is 0 Å². The van der Waals surface area contributed by atoms with Crippen molar-refractivity contribution in [3.05, 3.63) is 19.7 Å². The van der Waals surface area contributed by atoms with E-state index in [9.17, 15) is 0 Å². The van der Waals surface area contributed by atoms with Gasteiger partial charge in [-0.2, -0.15) is 0 Å². The molecule has 0 aromatic carbocycles. The highest BCUT2D eigenvalue weighted by Crippen LogP contribution is 2.23. The molecule has 0 fully saturated rings. The van der Waals surface area contributed by atoms with Crippen molar-refractivity contribution in [2.45, 2.75) is 0 Å². The molecule has 0 nitrogen and oxygen atoms in total. The fourth-order valence-electron chi connectivity index (χ4n) is 0.256. The number of hydrogen-bond acceptors (Lipinski definition) is 1. The summed E-state index contributed by atoms with van der Waals surface area (Å²) in [5, 5.41) is 2.98. The van der Waals surface area contributed by atoms with Gasteiger partial charge in [-0.05, 0) is 37.9 Å². The van der Waals surface area contributed by atoms with Crippen molar-refractivity contribution in [1.29, 1.82) is 0 Å². The lowest BCUT2D eigenvalue weighted by Crippen LogP contribution is -1.39. The Morgan fingerprint density at radius 1 is 1.57 bits per heavy atom. The molecule has 7 heavy (non-hydrogen) atoms. The molecule has 3 heteroatoms. The molecule has 37 valence electrons. The maximum absolute atomic E-state index is 3.29. The summed E-state index contributed by atoms with van der Waals surface area (Å²) in [6, 6.07) is 1.96. The molecule has 0 amide bonds. The minimum absolute atomic E-state index is 1.02. The Morgan fingerprint density at radius 2 is 2.29 bits per heavy atom. The second-order valence-corrected chi connectivity index (χ2v) is 4.08. The van der Waals surface area contributed by atoms with E-state index in [1.54, 1.807) is 11.3 Å². The predicted molar refractivity (Wildman–Crippen MR) is 38.6 cm³/mol. The smallest absolute Gasteiger partial charge is 0.0717 e. The van der Waals surface area contributed by atoms with Gasteiger partial charge in [-0.1, -0.05) is 0 Å². The van der Waals surface area contributed by atoms with Gasteiger partial charge in [0.15, 0.2) is 0 Å². The molecule has 0 saturated carbocycles. The molecule has 0 spiro atoms. The molecule has 0 bridgehead atoms. The van der Waals surface area contributed by atoms with Crippen molar-refractivity contribution in [1.82, 2.24) is 0 Å². The van der Waals surface area contributed by atoms with Crippen LogP contribution in [0, 0.1) is 5.38 Å². The van der Waals surface area contributed by atoms with Gasteiger partial charge in [0, 0.05) is 4.47 Å². The molecule has 0 aliphatic carbocycles. The zero-order valence-corrected chi connectivity index (χ0v) is 7.23. The van der Waals surface area contributed by atoms with Gasteiger partial charge in [0.2, 0.25) is 0 Å². The van der Waals surface area contributed by atoms with E-state index in [1.165, 1.54) is 0 Å². The molecular weight excluding hydrogens is 240 g/mol. The van der Waals surface area contributed by atoms with E-state index in [0.29, 0.717) is 0 Å². The summed E-state index contributed by atoms with van der Waals surface area (Å²) in [5.74, 6) is 0. The van der Waals surface area contributed by atoms with Crippen LogP contribution in [0.15, 0.2) is 14.3 Å². The van der Waals surface area contributed by atoms with Gasteiger partial charge in [-0.3, -0.25) is 0 Å². The molecule has 0 saturated heterocycles. The summed E-state index contributed by atoms with van der Waals surface area (Å²) < 4.78 is 2.13. The third kappa shape index (κ3) is 1.55. The molecule has 1 rings (SSSR count). The average Bonchev–Trinajstić information content (AvgIpc) is 1.87. The largest absolute Gasteiger partial charge is 0.126 e. The summed E-state index contributed by atoms with van der Waals surface area (Å²) in [6.07, 6.45) is 0. The maximum atomic E-state index is 3.29. The fourth-order valence-corrected chi connectivity index (χ4v) is 2.09. The van der Waals surface area contributed by atoms with E-state index in [1.807, 2.05) is 6.07 Å². The molecule has 0 unspecified atom stereocenters. The highest BCUT2D eigenvalue weighted by atomic mass is 79.9. The van der Waals surface area contributed by atoms with Crippen LogP contribution >= 0.6 is 43.2 Å². The first-order valence-corrected chi connectivity index (χ1v) is 4.02. The van der Waals surface area contributed by atoms with Crippen LogP contribution in [0.5, 0.6) is 0 Å². The van der Waals surface area contributed by atoms with Crippen molar-refractivity contribution in [3.63, 3.8) is 0 Å². The Balaban J connectivity index is 3.04. The number of thiophene rings is 1. The molecule has 1 radical (unpaired) electrons. The van der Waals surface area contributed by atoms with Crippen molar-refractivity contribution in [2.75, 3.05) is 0 Å². The third-order valence-corrected chi connectivity index (χ3v) is 2.53. The van der Waals surface area contributed by atoms with Gasteiger partial charge in [-0.25, -0.2) is 0 Å². The molecule has 1 heterocycles. The summed E-state index contributed by atoms with van der Waals surface area (Å²) in [4.78, 5) is 0. The van der Waals surface area contributed by atoms with Crippen LogP contribution in [-0.2, 0) is 0 Å². The molecule has 0 aliphatic rings. The first-order valence-electron chi connectivity index (χ1n) is 1.61. The van der Waals surface area contributed by atoms with Gasteiger partial charge >= 0.3 is 0 Å². The van der Waals surface area contributed by atoms with Crippen molar-refractivity contribution in [3.8, 4) is 0 Å². The Labute approximate surface area is 62.8 Å².